The van der Waals surface area contributed by atoms with Gasteiger partial charge in [-0.15, -0.1) is 0 Å². The first-order chi connectivity index (χ1) is 12.5. The maximum atomic E-state index is 12.9. The number of carbonyl (C=O) groups excluding carboxylic acids is 3. The number of ether oxygens (including phenoxy) is 1. The lowest BCUT2D eigenvalue weighted by Gasteiger charge is -2.30. The molecule has 0 saturated carbocycles. The molecule has 2 aliphatic heterocycles. The van der Waals surface area contributed by atoms with Crippen LogP contribution in [0.1, 0.15) is 36.0 Å². The van der Waals surface area contributed by atoms with Crippen LogP contribution in [0.4, 0.5) is 5.69 Å². The molecule has 0 unspecified atom stereocenters. The van der Waals surface area contributed by atoms with E-state index in [-0.39, 0.29) is 30.9 Å². The highest BCUT2D eigenvalue weighted by atomic mass is 16.5. The Morgan fingerprint density at radius 1 is 1.12 bits per heavy atom. The van der Waals surface area contributed by atoms with Gasteiger partial charge in [0.2, 0.25) is 5.91 Å². The van der Waals surface area contributed by atoms with Crippen LogP contribution in [-0.4, -0.2) is 67.9 Å². The van der Waals surface area contributed by atoms with Crippen LogP contribution in [0, 0.1) is 0 Å². The molecule has 0 spiro atoms. The summed E-state index contributed by atoms with van der Waals surface area (Å²) in [6.07, 6.45) is 4.33. The van der Waals surface area contributed by atoms with Gasteiger partial charge in [0, 0.05) is 32.7 Å². The largest absolute Gasteiger partial charge is 0.482 e. The van der Waals surface area contributed by atoms with Crippen LogP contribution < -0.4 is 9.64 Å². The first kappa shape index (κ1) is 18.2. The lowest BCUT2D eigenvalue weighted by molar-refractivity contribution is -0.130. The van der Waals surface area contributed by atoms with Crippen molar-refractivity contribution in [1.29, 1.82) is 0 Å². The molecule has 1 saturated heterocycles. The van der Waals surface area contributed by atoms with E-state index in [1.54, 1.807) is 32.3 Å². The molecule has 0 aromatic heterocycles. The maximum absolute atomic E-state index is 12.9. The van der Waals surface area contributed by atoms with Gasteiger partial charge < -0.3 is 14.5 Å². The second kappa shape index (κ2) is 7.76. The third kappa shape index (κ3) is 3.81. The third-order valence-corrected chi connectivity index (χ3v) is 4.83. The van der Waals surface area contributed by atoms with E-state index in [4.69, 9.17) is 4.74 Å². The van der Waals surface area contributed by atoms with Gasteiger partial charge >= 0.3 is 0 Å². The van der Waals surface area contributed by atoms with E-state index in [1.807, 2.05) is 4.90 Å². The molecule has 2 aliphatic rings. The van der Waals surface area contributed by atoms with Crippen molar-refractivity contribution in [3.63, 3.8) is 0 Å². The molecular formula is C19H25N3O4. The lowest BCUT2D eigenvalue weighted by Crippen LogP contribution is -2.45. The Hall–Kier alpha value is -2.57. The molecule has 3 amide bonds. The highest BCUT2D eigenvalue weighted by Gasteiger charge is 2.29. The van der Waals surface area contributed by atoms with E-state index >= 15 is 0 Å². The van der Waals surface area contributed by atoms with Gasteiger partial charge in [0.25, 0.3) is 11.8 Å². The summed E-state index contributed by atoms with van der Waals surface area (Å²) in [4.78, 5) is 41.9. The third-order valence-electron chi connectivity index (χ3n) is 4.83. The fourth-order valence-electron chi connectivity index (χ4n) is 3.24. The van der Waals surface area contributed by atoms with Crippen molar-refractivity contribution in [2.24, 2.45) is 0 Å². The van der Waals surface area contributed by atoms with E-state index in [0.29, 0.717) is 17.0 Å². The average molecular weight is 359 g/mol. The molecule has 140 valence electrons. The minimum Gasteiger partial charge on any atom is -0.482 e. The molecule has 0 radical (unpaired) electrons. The van der Waals surface area contributed by atoms with Crippen molar-refractivity contribution in [1.82, 2.24) is 9.80 Å². The molecule has 1 fully saturated rings. The first-order valence-electron chi connectivity index (χ1n) is 9.04. The van der Waals surface area contributed by atoms with Crippen LogP contribution in [0.3, 0.4) is 0 Å². The standard InChI is InChI=1S/C19H25N3O4/c1-20(2)17(23)12-22-15-11-14(7-8-16(15)26-13-18(22)24)19(25)21-9-5-3-4-6-10-21/h7-8,11H,3-6,9-10,12-13H2,1-2H3. The Balaban J connectivity index is 1.87. The molecule has 3 rings (SSSR count). The second-order valence-corrected chi connectivity index (χ2v) is 6.95. The Kier molecular flexibility index (Phi) is 5.44. The zero-order chi connectivity index (χ0) is 18.7. The summed E-state index contributed by atoms with van der Waals surface area (Å²) < 4.78 is 5.47. The molecule has 0 atom stereocenters. The monoisotopic (exact) mass is 359 g/mol. The number of hydrogen-bond donors (Lipinski definition) is 0. The van der Waals surface area contributed by atoms with E-state index < -0.39 is 0 Å². The zero-order valence-corrected chi connectivity index (χ0v) is 15.4. The van der Waals surface area contributed by atoms with Gasteiger partial charge in [0.05, 0.1) is 5.69 Å². The summed E-state index contributed by atoms with van der Waals surface area (Å²) in [5.41, 5.74) is 1.00. The molecule has 2 heterocycles. The SMILES string of the molecule is CN(C)C(=O)CN1C(=O)COc2ccc(C(=O)N3CCCCCC3)cc21. The summed E-state index contributed by atoms with van der Waals surface area (Å²) in [5.74, 6) is 0.0118. The number of fused-ring (bicyclic) bond motifs is 1. The average Bonchev–Trinajstić information content (AvgIpc) is 2.92. The minimum absolute atomic E-state index is 0.0355. The topological polar surface area (TPSA) is 70.2 Å². The normalized spacial score (nSPS) is 17.2. The van der Waals surface area contributed by atoms with Crippen molar-refractivity contribution in [2.75, 3.05) is 45.2 Å². The maximum Gasteiger partial charge on any atom is 0.265 e. The lowest BCUT2D eigenvalue weighted by atomic mass is 10.1. The number of carbonyl (C=O) groups is 3. The van der Waals surface area contributed by atoms with Gasteiger partial charge in [-0.05, 0) is 31.0 Å². The number of likely N-dealkylation sites (N-methyl/N-ethyl adjacent to an activating group) is 1. The van der Waals surface area contributed by atoms with Crippen molar-refractivity contribution < 1.29 is 19.1 Å². The fourth-order valence-corrected chi connectivity index (χ4v) is 3.24. The van der Waals surface area contributed by atoms with Crippen molar-refractivity contribution in [3.8, 4) is 5.75 Å². The van der Waals surface area contributed by atoms with E-state index in [1.165, 1.54) is 9.80 Å². The summed E-state index contributed by atoms with van der Waals surface area (Å²) in [5, 5.41) is 0. The van der Waals surface area contributed by atoms with E-state index in [0.717, 1.165) is 38.8 Å². The molecule has 1 aromatic rings. The Morgan fingerprint density at radius 2 is 1.81 bits per heavy atom. The van der Waals surface area contributed by atoms with Gasteiger partial charge in [-0.1, -0.05) is 12.8 Å². The van der Waals surface area contributed by atoms with Crippen molar-refractivity contribution >= 4 is 23.4 Å². The first-order valence-corrected chi connectivity index (χ1v) is 9.04. The molecule has 1 aromatic carbocycles. The van der Waals surface area contributed by atoms with E-state index in [2.05, 4.69) is 0 Å². The molecular weight excluding hydrogens is 334 g/mol. The zero-order valence-electron chi connectivity index (χ0n) is 15.4. The fraction of sp³-hybridized carbons (Fsp3) is 0.526. The van der Waals surface area contributed by atoms with Crippen LogP contribution in [0.2, 0.25) is 0 Å². The summed E-state index contributed by atoms with van der Waals surface area (Å²) in [6, 6.07) is 5.11. The van der Waals surface area contributed by atoms with Gasteiger partial charge in [0.15, 0.2) is 6.61 Å². The number of likely N-dealkylation sites (tertiary alicyclic amines) is 1. The van der Waals surface area contributed by atoms with Gasteiger partial charge in [-0.3, -0.25) is 19.3 Å². The van der Waals surface area contributed by atoms with E-state index in [9.17, 15) is 14.4 Å². The number of benzene rings is 1. The predicted molar refractivity (Wildman–Crippen MR) is 97.4 cm³/mol. The minimum atomic E-state index is -0.285. The van der Waals surface area contributed by atoms with Crippen LogP contribution in [0.5, 0.6) is 5.75 Å². The molecule has 0 N–H and O–H groups in total. The number of hydrogen-bond acceptors (Lipinski definition) is 4. The highest BCUT2D eigenvalue weighted by Crippen LogP contribution is 2.33. The Bertz CT molecular complexity index is 709. The molecule has 0 bridgehead atoms. The highest BCUT2D eigenvalue weighted by molar-refractivity contribution is 6.04. The molecule has 0 aliphatic carbocycles. The Labute approximate surface area is 153 Å². The summed E-state index contributed by atoms with van der Waals surface area (Å²) in [7, 11) is 3.29. The van der Waals surface area contributed by atoms with Gasteiger partial charge in [0.1, 0.15) is 12.3 Å². The molecule has 7 heteroatoms. The van der Waals surface area contributed by atoms with Gasteiger partial charge in [-0.2, -0.15) is 0 Å². The van der Waals surface area contributed by atoms with Crippen LogP contribution >= 0.6 is 0 Å². The number of nitrogens with zero attached hydrogens (tertiary/aromatic N) is 3. The molecule has 7 nitrogen and oxygen atoms in total. The summed E-state index contributed by atoms with van der Waals surface area (Å²) >= 11 is 0. The summed E-state index contributed by atoms with van der Waals surface area (Å²) in [6.45, 7) is 1.35. The van der Waals surface area contributed by atoms with Crippen LogP contribution in [0.15, 0.2) is 18.2 Å². The van der Waals surface area contributed by atoms with Crippen molar-refractivity contribution in [2.45, 2.75) is 25.7 Å². The van der Waals surface area contributed by atoms with Crippen LogP contribution in [-0.2, 0) is 9.59 Å². The Morgan fingerprint density at radius 3 is 2.46 bits per heavy atom. The quantitative estimate of drug-likeness (QED) is 0.820. The predicted octanol–water partition coefficient (Wildman–Crippen LogP) is 1.52. The second-order valence-electron chi connectivity index (χ2n) is 6.95. The van der Waals surface area contributed by atoms with Gasteiger partial charge in [-0.25, -0.2) is 0 Å². The van der Waals surface area contributed by atoms with Crippen molar-refractivity contribution in [3.05, 3.63) is 23.8 Å². The number of rotatable bonds is 3. The van der Waals surface area contributed by atoms with Crippen LogP contribution in [0.25, 0.3) is 0 Å². The molecule has 26 heavy (non-hydrogen) atoms. The smallest absolute Gasteiger partial charge is 0.265 e. The number of amides is 3. The number of anilines is 1.